The zero-order chi connectivity index (χ0) is 17.5. The maximum Gasteiger partial charge on any atom is 0.246 e. The second-order valence-corrected chi connectivity index (χ2v) is 7.10. The maximum absolute atomic E-state index is 13.7. The van der Waals surface area contributed by atoms with Gasteiger partial charge in [-0.15, -0.1) is 0 Å². The van der Waals surface area contributed by atoms with E-state index in [4.69, 9.17) is 0 Å². The van der Waals surface area contributed by atoms with Gasteiger partial charge < -0.3 is 9.80 Å². The van der Waals surface area contributed by atoms with E-state index in [9.17, 15) is 9.18 Å². The highest BCUT2D eigenvalue weighted by Gasteiger charge is 2.26. The van der Waals surface area contributed by atoms with Crippen molar-refractivity contribution in [3.8, 4) is 0 Å². The smallest absolute Gasteiger partial charge is 0.246 e. The number of carbonyl (C=O) groups excluding carboxylic acids is 1. The number of likely N-dealkylation sites (N-methyl/N-ethyl adjacent to an activating group) is 1. The van der Waals surface area contributed by atoms with Crippen molar-refractivity contribution in [1.29, 1.82) is 0 Å². The fraction of sp³-hybridized carbons (Fsp3) is 0.550. The first kappa shape index (κ1) is 18.7. The van der Waals surface area contributed by atoms with E-state index in [1.807, 2.05) is 19.0 Å². The van der Waals surface area contributed by atoms with Crippen LogP contribution in [-0.2, 0) is 4.79 Å². The average molecular weight is 332 g/mol. The first-order valence-corrected chi connectivity index (χ1v) is 8.85. The number of carbonyl (C=O) groups is 1. The molecule has 2 rings (SSSR count). The predicted octanol–water partition coefficient (Wildman–Crippen LogP) is 3.81. The summed E-state index contributed by atoms with van der Waals surface area (Å²) < 4.78 is 13.7. The summed E-state index contributed by atoms with van der Waals surface area (Å²) in [4.78, 5) is 16.8. The van der Waals surface area contributed by atoms with E-state index in [2.05, 4.69) is 11.8 Å². The molecule has 24 heavy (non-hydrogen) atoms. The molecule has 1 aromatic carbocycles. The Morgan fingerprint density at radius 1 is 1.17 bits per heavy atom. The Hall–Kier alpha value is -1.68. The molecule has 1 saturated carbocycles. The molecule has 1 aliphatic carbocycles. The van der Waals surface area contributed by atoms with Gasteiger partial charge >= 0.3 is 0 Å². The molecule has 132 valence electrons. The molecule has 1 amide bonds. The lowest BCUT2D eigenvalue weighted by atomic mass is 9.86. The Morgan fingerprint density at radius 2 is 1.83 bits per heavy atom. The van der Waals surface area contributed by atoms with Gasteiger partial charge in [-0.05, 0) is 57.8 Å². The number of amides is 1. The molecule has 0 heterocycles. The number of benzene rings is 1. The van der Waals surface area contributed by atoms with Crippen LogP contribution in [0.15, 0.2) is 30.3 Å². The monoisotopic (exact) mass is 332 g/mol. The molecule has 3 nitrogen and oxygen atoms in total. The molecule has 0 spiro atoms. The molecular formula is C20H29FN2O. The summed E-state index contributed by atoms with van der Waals surface area (Å²) in [7, 11) is 4.03. The summed E-state index contributed by atoms with van der Waals surface area (Å²) in [6.45, 7) is 3.83. The van der Waals surface area contributed by atoms with E-state index in [1.165, 1.54) is 25.0 Å². The summed E-state index contributed by atoms with van der Waals surface area (Å²) in [6.07, 6.45) is 7.58. The summed E-state index contributed by atoms with van der Waals surface area (Å²) in [6, 6.07) is 6.84. The first-order chi connectivity index (χ1) is 11.5. The minimum absolute atomic E-state index is 0.0142. The van der Waals surface area contributed by atoms with Crippen molar-refractivity contribution in [2.45, 2.75) is 38.6 Å². The van der Waals surface area contributed by atoms with E-state index < -0.39 is 0 Å². The molecular weight excluding hydrogens is 303 g/mol. The van der Waals surface area contributed by atoms with Crippen molar-refractivity contribution >= 4 is 12.0 Å². The van der Waals surface area contributed by atoms with Crippen LogP contribution in [0.5, 0.6) is 0 Å². The van der Waals surface area contributed by atoms with Crippen LogP contribution in [0.3, 0.4) is 0 Å². The summed E-state index contributed by atoms with van der Waals surface area (Å²) in [5.74, 6) is 0.438. The van der Waals surface area contributed by atoms with Crippen molar-refractivity contribution in [3.05, 3.63) is 41.7 Å². The highest BCUT2D eigenvalue weighted by Crippen LogP contribution is 2.27. The third kappa shape index (κ3) is 5.45. The standard InChI is InChI=1S/C20H29FN2O/c1-16-8-11-18(12-9-16)23(15-14-22(2)3)20(24)13-10-17-6-4-5-7-19(17)21/h4-7,10,13,16,18H,8-9,11-12,14-15H2,1-3H3. The SMILES string of the molecule is CC1CCC(N(CCN(C)C)C(=O)C=Cc2ccccc2F)CC1. The fourth-order valence-corrected chi connectivity index (χ4v) is 3.20. The normalized spacial score (nSPS) is 21.4. The highest BCUT2D eigenvalue weighted by molar-refractivity contribution is 5.92. The van der Waals surface area contributed by atoms with Crippen LogP contribution < -0.4 is 0 Å². The Morgan fingerprint density at radius 3 is 2.46 bits per heavy atom. The Kier molecular flexibility index (Phi) is 6.98. The van der Waals surface area contributed by atoms with Crippen LogP contribution in [0.25, 0.3) is 6.08 Å². The van der Waals surface area contributed by atoms with Gasteiger partial charge in [0, 0.05) is 30.8 Å². The van der Waals surface area contributed by atoms with E-state index in [-0.39, 0.29) is 11.7 Å². The van der Waals surface area contributed by atoms with E-state index in [1.54, 1.807) is 24.3 Å². The fourth-order valence-electron chi connectivity index (χ4n) is 3.20. The van der Waals surface area contributed by atoms with Crippen molar-refractivity contribution in [1.82, 2.24) is 9.80 Å². The van der Waals surface area contributed by atoms with Crippen LogP contribution in [0, 0.1) is 11.7 Å². The van der Waals surface area contributed by atoms with Gasteiger partial charge in [0.25, 0.3) is 0 Å². The molecule has 1 aromatic rings. The second kappa shape index (κ2) is 8.97. The molecule has 0 bridgehead atoms. The average Bonchev–Trinajstić information content (AvgIpc) is 2.55. The van der Waals surface area contributed by atoms with Gasteiger partial charge in [-0.3, -0.25) is 4.79 Å². The van der Waals surface area contributed by atoms with E-state index in [0.717, 1.165) is 25.3 Å². The zero-order valence-electron chi connectivity index (χ0n) is 15.0. The van der Waals surface area contributed by atoms with Gasteiger partial charge in [0.05, 0.1) is 0 Å². The van der Waals surface area contributed by atoms with Gasteiger partial charge in [-0.1, -0.05) is 25.1 Å². The molecule has 0 N–H and O–H groups in total. The van der Waals surface area contributed by atoms with Gasteiger partial charge in [-0.25, -0.2) is 4.39 Å². The third-order valence-corrected chi connectivity index (χ3v) is 4.81. The largest absolute Gasteiger partial charge is 0.335 e. The minimum Gasteiger partial charge on any atom is -0.335 e. The maximum atomic E-state index is 13.7. The summed E-state index contributed by atoms with van der Waals surface area (Å²) in [5, 5.41) is 0. The van der Waals surface area contributed by atoms with Crippen LogP contribution in [0.1, 0.15) is 38.2 Å². The highest BCUT2D eigenvalue weighted by atomic mass is 19.1. The second-order valence-electron chi connectivity index (χ2n) is 7.10. The molecule has 1 fully saturated rings. The lowest BCUT2D eigenvalue weighted by Crippen LogP contribution is -2.44. The topological polar surface area (TPSA) is 23.6 Å². The molecule has 0 aromatic heterocycles. The Labute approximate surface area is 145 Å². The Bertz CT molecular complexity index is 563. The number of hydrogen-bond acceptors (Lipinski definition) is 2. The number of nitrogens with zero attached hydrogens (tertiary/aromatic N) is 2. The van der Waals surface area contributed by atoms with Crippen LogP contribution in [-0.4, -0.2) is 48.9 Å². The molecule has 0 radical (unpaired) electrons. The first-order valence-electron chi connectivity index (χ1n) is 8.85. The van der Waals surface area contributed by atoms with Crippen LogP contribution >= 0.6 is 0 Å². The quantitative estimate of drug-likeness (QED) is 0.740. The van der Waals surface area contributed by atoms with Crippen molar-refractivity contribution < 1.29 is 9.18 Å². The van der Waals surface area contributed by atoms with Crippen molar-refractivity contribution in [3.63, 3.8) is 0 Å². The van der Waals surface area contributed by atoms with Gasteiger partial charge in [0.2, 0.25) is 5.91 Å². The van der Waals surface area contributed by atoms with Gasteiger partial charge in [0.15, 0.2) is 0 Å². The number of hydrogen-bond donors (Lipinski definition) is 0. The molecule has 0 atom stereocenters. The van der Waals surface area contributed by atoms with Crippen molar-refractivity contribution in [2.24, 2.45) is 5.92 Å². The van der Waals surface area contributed by atoms with E-state index in [0.29, 0.717) is 18.2 Å². The van der Waals surface area contributed by atoms with Gasteiger partial charge in [-0.2, -0.15) is 0 Å². The zero-order valence-corrected chi connectivity index (χ0v) is 15.0. The minimum atomic E-state index is -0.298. The van der Waals surface area contributed by atoms with Crippen molar-refractivity contribution in [2.75, 3.05) is 27.2 Å². The lowest BCUT2D eigenvalue weighted by molar-refractivity contribution is -0.129. The molecule has 0 aliphatic heterocycles. The summed E-state index contributed by atoms with van der Waals surface area (Å²) >= 11 is 0. The predicted molar refractivity (Wildman–Crippen MR) is 97.1 cm³/mol. The van der Waals surface area contributed by atoms with Crippen LogP contribution in [0.4, 0.5) is 4.39 Å². The molecule has 0 unspecified atom stereocenters. The lowest BCUT2D eigenvalue weighted by Gasteiger charge is -2.36. The number of rotatable bonds is 6. The third-order valence-electron chi connectivity index (χ3n) is 4.81. The van der Waals surface area contributed by atoms with E-state index >= 15 is 0 Å². The van der Waals surface area contributed by atoms with Crippen LogP contribution in [0.2, 0.25) is 0 Å². The number of halogens is 1. The molecule has 1 aliphatic rings. The Balaban J connectivity index is 2.07. The summed E-state index contributed by atoms with van der Waals surface area (Å²) in [5.41, 5.74) is 0.454. The molecule has 4 heteroatoms. The van der Waals surface area contributed by atoms with Gasteiger partial charge in [0.1, 0.15) is 5.82 Å². The molecule has 0 saturated heterocycles.